The Morgan fingerprint density at radius 3 is 2.53 bits per heavy atom. The average molecular weight is 256 g/mol. The molecule has 6 heteroatoms. The molecule has 0 spiro atoms. The Balaban J connectivity index is 2.19. The van der Waals surface area contributed by atoms with E-state index in [-0.39, 0.29) is 16.7 Å². The van der Waals surface area contributed by atoms with Crippen LogP contribution in [0.3, 0.4) is 0 Å². The van der Waals surface area contributed by atoms with Crippen molar-refractivity contribution in [3.05, 3.63) is 18.2 Å². The predicted octanol–water partition coefficient (Wildman–Crippen LogP) is 1.66. The highest BCUT2D eigenvalue weighted by molar-refractivity contribution is 7.93. The fraction of sp³-hybridized carbons (Fsp3) is 0.455. The molecular weight excluding hydrogens is 240 g/mol. The highest BCUT2D eigenvalue weighted by atomic mass is 32.2. The highest BCUT2D eigenvalue weighted by Crippen LogP contribution is 2.29. The van der Waals surface area contributed by atoms with Crippen LogP contribution in [0.1, 0.15) is 25.7 Å². The highest BCUT2D eigenvalue weighted by Gasteiger charge is 2.28. The summed E-state index contributed by atoms with van der Waals surface area (Å²) in [6.45, 7) is 0. The van der Waals surface area contributed by atoms with Crippen molar-refractivity contribution in [2.75, 3.05) is 10.5 Å². The summed E-state index contributed by atoms with van der Waals surface area (Å²) < 4.78 is 26.5. The van der Waals surface area contributed by atoms with Crippen molar-refractivity contribution in [1.82, 2.24) is 0 Å². The van der Waals surface area contributed by atoms with Gasteiger partial charge in [-0.2, -0.15) is 0 Å². The Morgan fingerprint density at radius 2 is 1.94 bits per heavy atom. The maximum atomic E-state index is 12.0. The molecule has 0 heterocycles. The number of hydrogen-bond acceptors (Lipinski definition) is 4. The Hall–Kier alpha value is -1.43. The number of nitrogens with two attached hydrogens (primary N) is 1. The van der Waals surface area contributed by atoms with E-state index in [9.17, 15) is 13.5 Å². The van der Waals surface area contributed by atoms with Gasteiger partial charge < -0.3 is 10.8 Å². The fourth-order valence-corrected chi connectivity index (χ4v) is 3.69. The van der Waals surface area contributed by atoms with Crippen LogP contribution in [0.4, 0.5) is 11.4 Å². The van der Waals surface area contributed by atoms with E-state index in [2.05, 4.69) is 4.72 Å². The summed E-state index contributed by atoms with van der Waals surface area (Å²) in [6.07, 6.45) is 3.31. The maximum absolute atomic E-state index is 12.0. The van der Waals surface area contributed by atoms with Crippen molar-refractivity contribution < 1.29 is 13.5 Å². The number of aromatic hydroxyl groups is 1. The Bertz CT molecular complexity index is 507. The predicted molar refractivity (Wildman–Crippen MR) is 67.3 cm³/mol. The van der Waals surface area contributed by atoms with Crippen LogP contribution in [0.15, 0.2) is 18.2 Å². The van der Waals surface area contributed by atoms with Gasteiger partial charge in [0.05, 0.1) is 16.6 Å². The van der Waals surface area contributed by atoms with Crippen molar-refractivity contribution in [2.45, 2.75) is 30.9 Å². The molecule has 0 unspecified atom stereocenters. The number of nitrogen functional groups attached to an aromatic ring is 1. The van der Waals surface area contributed by atoms with Gasteiger partial charge in [-0.3, -0.25) is 4.72 Å². The molecule has 94 valence electrons. The molecule has 0 radical (unpaired) electrons. The zero-order valence-corrected chi connectivity index (χ0v) is 10.2. The Kier molecular flexibility index (Phi) is 3.15. The number of rotatable bonds is 3. The summed E-state index contributed by atoms with van der Waals surface area (Å²) in [5.41, 5.74) is 6.20. The summed E-state index contributed by atoms with van der Waals surface area (Å²) in [5, 5.41) is 8.87. The largest absolute Gasteiger partial charge is 0.508 e. The van der Waals surface area contributed by atoms with E-state index in [0.29, 0.717) is 18.5 Å². The fourth-order valence-electron chi connectivity index (χ4n) is 2.08. The molecule has 5 nitrogen and oxygen atoms in total. The summed E-state index contributed by atoms with van der Waals surface area (Å²) >= 11 is 0. The van der Waals surface area contributed by atoms with Gasteiger partial charge in [-0.15, -0.1) is 0 Å². The van der Waals surface area contributed by atoms with Gasteiger partial charge in [-0.1, -0.05) is 12.8 Å². The number of anilines is 2. The van der Waals surface area contributed by atoms with Gasteiger partial charge in [-0.25, -0.2) is 8.42 Å². The molecule has 0 aliphatic heterocycles. The van der Waals surface area contributed by atoms with Crippen LogP contribution >= 0.6 is 0 Å². The first-order chi connectivity index (χ1) is 7.99. The third-order valence-corrected chi connectivity index (χ3v) is 4.88. The van der Waals surface area contributed by atoms with Gasteiger partial charge in [0.2, 0.25) is 10.0 Å². The van der Waals surface area contributed by atoms with Gasteiger partial charge in [-0.05, 0) is 25.0 Å². The smallest absolute Gasteiger partial charge is 0.235 e. The zero-order chi connectivity index (χ0) is 12.5. The molecule has 1 aromatic rings. The lowest BCUT2D eigenvalue weighted by Gasteiger charge is -2.14. The first-order valence-corrected chi connectivity index (χ1v) is 7.14. The topological polar surface area (TPSA) is 92.4 Å². The van der Waals surface area contributed by atoms with E-state index in [1.54, 1.807) is 0 Å². The minimum absolute atomic E-state index is 0.0197. The van der Waals surface area contributed by atoms with Crippen LogP contribution in [-0.2, 0) is 10.0 Å². The molecular formula is C11H16N2O3S. The summed E-state index contributed by atoms with van der Waals surface area (Å²) in [7, 11) is -3.36. The molecule has 2 rings (SSSR count). The van der Waals surface area contributed by atoms with Crippen molar-refractivity contribution in [3.63, 3.8) is 0 Å². The molecule has 1 aliphatic carbocycles. The average Bonchev–Trinajstić information content (AvgIpc) is 2.76. The molecule has 0 bridgehead atoms. The SMILES string of the molecule is Nc1cc(O)ccc1NS(=O)(=O)C1CCCC1. The van der Waals surface area contributed by atoms with Gasteiger partial charge in [0.1, 0.15) is 5.75 Å². The van der Waals surface area contributed by atoms with Gasteiger partial charge >= 0.3 is 0 Å². The molecule has 0 aromatic heterocycles. The maximum Gasteiger partial charge on any atom is 0.235 e. The van der Waals surface area contributed by atoms with Crippen LogP contribution < -0.4 is 10.5 Å². The zero-order valence-electron chi connectivity index (χ0n) is 9.39. The normalized spacial score (nSPS) is 17.2. The molecule has 1 fully saturated rings. The summed E-state index contributed by atoms with van der Waals surface area (Å²) in [5.74, 6) is 0.0197. The molecule has 0 saturated heterocycles. The minimum Gasteiger partial charge on any atom is -0.508 e. The number of hydrogen-bond donors (Lipinski definition) is 3. The van der Waals surface area contributed by atoms with Gasteiger partial charge in [0.25, 0.3) is 0 Å². The Labute approximate surface area is 101 Å². The third kappa shape index (κ3) is 2.63. The number of benzene rings is 1. The number of sulfonamides is 1. The monoisotopic (exact) mass is 256 g/mol. The molecule has 1 aromatic carbocycles. The molecule has 0 amide bonds. The number of nitrogens with one attached hydrogen (secondary N) is 1. The van der Waals surface area contributed by atoms with Crippen LogP contribution in [0.2, 0.25) is 0 Å². The molecule has 0 atom stereocenters. The standard InChI is InChI=1S/C11H16N2O3S/c12-10-7-8(14)5-6-11(10)13-17(15,16)9-3-1-2-4-9/h5-7,9,13-14H,1-4,12H2. The molecule has 17 heavy (non-hydrogen) atoms. The van der Waals surface area contributed by atoms with E-state index < -0.39 is 10.0 Å². The first-order valence-electron chi connectivity index (χ1n) is 5.59. The molecule has 1 aliphatic rings. The van der Waals surface area contributed by atoms with Gasteiger partial charge in [0.15, 0.2) is 0 Å². The van der Waals surface area contributed by atoms with Crippen LogP contribution in [0, 0.1) is 0 Å². The van der Waals surface area contributed by atoms with E-state index >= 15 is 0 Å². The van der Waals surface area contributed by atoms with Crippen LogP contribution in [0.25, 0.3) is 0 Å². The van der Waals surface area contributed by atoms with Crippen LogP contribution in [0.5, 0.6) is 5.75 Å². The second-order valence-corrected chi connectivity index (χ2v) is 6.29. The second-order valence-electron chi connectivity index (χ2n) is 4.33. The Morgan fingerprint density at radius 1 is 1.29 bits per heavy atom. The lowest BCUT2D eigenvalue weighted by atomic mass is 10.2. The van der Waals surface area contributed by atoms with E-state index in [4.69, 9.17) is 5.73 Å². The van der Waals surface area contributed by atoms with Crippen molar-refractivity contribution in [3.8, 4) is 5.75 Å². The lowest BCUT2D eigenvalue weighted by Crippen LogP contribution is -2.25. The van der Waals surface area contributed by atoms with E-state index in [0.717, 1.165) is 12.8 Å². The third-order valence-electron chi connectivity index (χ3n) is 3.03. The van der Waals surface area contributed by atoms with E-state index in [1.165, 1.54) is 18.2 Å². The van der Waals surface area contributed by atoms with Crippen LogP contribution in [-0.4, -0.2) is 18.8 Å². The first kappa shape index (κ1) is 12.0. The van der Waals surface area contributed by atoms with Crippen molar-refractivity contribution in [1.29, 1.82) is 0 Å². The number of phenolic OH excluding ortho intramolecular Hbond substituents is 1. The molecule has 4 N–H and O–H groups in total. The minimum atomic E-state index is -3.36. The quantitative estimate of drug-likeness (QED) is 0.566. The molecule has 1 saturated carbocycles. The summed E-state index contributed by atoms with van der Waals surface area (Å²) in [4.78, 5) is 0. The van der Waals surface area contributed by atoms with Crippen molar-refractivity contribution in [2.24, 2.45) is 0 Å². The van der Waals surface area contributed by atoms with Gasteiger partial charge in [0, 0.05) is 6.07 Å². The van der Waals surface area contributed by atoms with Crippen molar-refractivity contribution >= 4 is 21.4 Å². The van der Waals surface area contributed by atoms with E-state index in [1.807, 2.05) is 0 Å². The number of phenols is 1. The summed E-state index contributed by atoms with van der Waals surface area (Å²) in [6, 6.07) is 4.20. The second kappa shape index (κ2) is 4.44. The lowest BCUT2D eigenvalue weighted by molar-refractivity contribution is 0.475.